The average molecular weight is 357 g/mol. The lowest BCUT2D eigenvalue weighted by Gasteiger charge is -2.40. The van der Waals surface area contributed by atoms with Crippen LogP contribution in [-0.2, 0) is 0 Å². The van der Waals surface area contributed by atoms with Crippen LogP contribution in [0, 0.1) is 0 Å². The summed E-state index contributed by atoms with van der Waals surface area (Å²) in [5.74, 6) is 2.79. The second kappa shape index (κ2) is 15.6. The van der Waals surface area contributed by atoms with Crippen molar-refractivity contribution < 1.29 is 4.48 Å². The number of nitrogens with zero attached hydrogens (tertiary/aromatic N) is 1. The van der Waals surface area contributed by atoms with E-state index >= 15 is 0 Å². The molecule has 0 unspecified atom stereocenters. The van der Waals surface area contributed by atoms with Crippen LogP contribution in [-0.4, -0.2) is 42.2 Å². The molecule has 0 aliphatic carbocycles. The van der Waals surface area contributed by atoms with Crippen molar-refractivity contribution >= 4 is 11.8 Å². The van der Waals surface area contributed by atoms with Crippen LogP contribution in [0.15, 0.2) is 0 Å². The Labute approximate surface area is 157 Å². The highest BCUT2D eigenvalue weighted by atomic mass is 32.2. The summed E-state index contributed by atoms with van der Waals surface area (Å²) in [7, 11) is 0. The molecule has 1 heterocycles. The maximum atomic E-state index is 2.40. The SMILES string of the molecule is CCCCCCCCCCCCCCCC[N+]1(CC)CCSCC1. The van der Waals surface area contributed by atoms with E-state index in [1.54, 1.807) is 0 Å². The number of hydrogen-bond donors (Lipinski definition) is 0. The molecule has 1 aliphatic heterocycles. The van der Waals surface area contributed by atoms with Crippen molar-refractivity contribution in [1.29, 1.82) is 0 Å². The topological polar surface area (TPSA) is 0 Å². The lowest BCUT2D eigenvalue weighted by atomic mass is 10.0. The van der Waals surface area contributed by atoms with Gasteiger partial charge in [0.15, 0.2) is 0 Å². The van der Waals surface area contributed by atoms with Gasteiger partial charge in [0.1, 0.15) is 0 Å². The molecular weight excluding hydrogens is 310 g/mol. The molecule has 24 heavy (non-hydrogen) atoms. The molecule has 0 bridgehead atoms. The molecule has 0 atom stereocenters. The third-order valence-corrected chi connectivity index (χ3v) is 7.02. The van der Waals surface area contributed by atoms with Crippen molar-refractivity contribution in [3.8, 4) is 0 Å². The van der Waals surface area contributed by atoms with Crippen LogP contribution in [0.25, 0.3) is 0 Å². The van der Waals surface area contributed by atoms with Crippen LogP contribution in [0.2, 0.25) is 0 Å². The largest absolute Gasteiger partial charge is 0.322 e. The van der Waals surface area contributed by atoms with Gasteiger partial charge in [0.05, 0.1) is 26.2 Å². The molecule has 0 spiro atoms. The van der Waals surface area contributed by atoms with Gasteiger partial charge in [0.2, 0.25) is 0 Å². The van der Waals surface area contributed by atoms with Crippen LogP contribution in [0.5, 0.6) is 0 Å². The van der Waals surface area contributed by atoms with Gasteiger partial charge in [-0.25, -0.2) is 0 Å². The Hall–Kier alpha value is 0.310. The van der Waals surface area contributed by atoms with Crippen LogP contribution in [0.3, 0.4) is 0 Å². The first-order valence-corrected chi connectivity index (χ1v) is 12.4. The Morgan fingerprint density at radius 1 is 0.583 bits per heavy atom. The molecule has 0 N–H and O–H groups in total. The summed E-state index contributed by atoms with van der Waals surface area (Å²) >= 11 is 2.16. The summed E-state index contributed by atoms with van der Waals surface area (Å²) in [6, 6.07) is 0. The fourth-order valence-electron chi connectivity index (χ4n) is 4.07. The van der Waals surface area contributed by atoms with Crippen molar-refractivity contribution in [2.45, 2.75) is 104 Å². The van der Waals surface area contributed by atoms with E-state index in [0.29, 0.717) is 0 Å². The second-order valence-electron chi connectivity index (χ2n) is 8.04. The van der Waals surface area contributed by atoms with E-state index in [0.717, 1.165) is 0 Å². The molecule has 0 aromatic rings. The summed E-state index contributed by atoms with van der Waals surface area (Å²) in [5.41, 5.74) is 0. The van der Waals surface area contributed by atoms with Crippen molar-refractivity contribution in [1.82, 2.24) is 0 Å². The highest BCUT2D eigenvalue weighted by Crippen LogP contribution is 2.20. The predicted octanol–water partition coefficient (Wildman–Crippen LogP) is 7.05. The summed E-state index contributed by atoms with van der Waals surface area (Å²) in [5, 5.41) is 0. The van der Waals surface area contributed by atoms with Gasteiger partial charge in [0.25, 0.3) is 0 Å². The molecule has 0 aromatic heterocycles. The molecule has 0 aromatic carbocycles. The van der Waals surface area contributed by atoms with E-state index in [9.17, 15) is 0 Å². The normalized spacial score (nSPS) is 17.2. The zero-order valence-corrected chi connectivity index (χ0v) is 17.8. The van der Waals surface area contributed by atoms with E-state index in [4.69, 9.17) is 0 Å². The number of rotatable bonds is 16. The standard InChI is InChI=1S/C22H46NS/c1-3-5-6-7-8-9-10-11-12-13-14-15-16-17-18-23(4-2)19-21-24-22-20-23/h3-22H2,1-2H3/q+1. The first-order valence-electron chi connectivity index (χ1n) is 11.3. The Kier molecular flexibility index (Phi) is 14.5. The Morgan fingerprint density at radius 3 is 1.42 bits per heavy atom. The number of quaternary nitrogens is 1. The Morgan fingerprint density at radius 2 is 1.00 bits per heavy atom. The number of unbranched alkanes of at least 4 members (excludes halogenated alkanes) is 13. The van der Waals surface area contributed by atoms with Crippen molar-refractivity contribution in [2.24, 2.45) is 0 Å². The molecule has 2 heteroatoms. The summed E-state index contributed by atoms with van der Waals surface area (Å²) < 4.78 is 1.42. The number of hydrogen-bond acceptors (Lipinski definition) is 1. The van der Waals surface area contributed by atoms with E-state index < -0.39 is 0 Å². The van der Waals surface area contributed by atoms with Gasteiger partial charge in [-0.15, -0.1) is 0 Å². The minimum atomic E-state index is 1.36. The molecule has 144 valence electrons. The maximum absolute atomic E-state index is 2.40. The fourth-order valence-corrected chi connectivity index (χ4v) is 5.31. The fraction of sp³-hybridized carbons (Fsp3) is 1.00. The predicted molar refractivity (Wildman–Crippen MR) is 113 cm³/mol. The van der Waals surface area contributed by atoms with Gasteiger partial charge < -0.3 is 4.48 Å². The monoisotopic (exact) mass is 356 g/mol. The van der Waals surface area contributed by atoms with Gasteiger partial charge in [-0.3, -0.25) is 0 Å². The first-order chi connectivity index (χ1) is 11.8. The molecule has 1 aliphatic rings. The van der Waals surface area contributed by atoms with E-state index in [-0.39, 0.29) is 0 Å². The van der Waals surface area contributed by atoms with E-state index in [1.807, 2.05) is 0 Å². The van der Waals surface area contributed by atoms with Crippen LogP contribution >= 0.6 is 11.8 Å². The van der Waals surface area contributed by atoms with Crippen LogP contribution in [0.4, 0.5) is 0 Å². The molecule has 1 nitrogen and oxygen atoms in total. The molecule has 1 fully saturated rings. The van der Waals surface area contributed by atoms with E-state index in [1.165, 1.54) is 132 Å². The highest BCUT2D eigenvalue weighted by Gasteiger charge is 2.27. The van der Waals surface area contributed by atoms with Gasteiger partial charge in [-0.1, -0.05) is 84.0 Å². The maximum Gasteiger partial charge on any atom is 0.0878 e. The zero-order valence-electron chi connectivity index (χ0n) is 17.0. The summed E-state index contributed by atoms with van der Waals surface area (Å²) in [6.07, 6.45) is 20.6. The highest BCUT2D eigenvalue weighted by molar-refractivity contribution is 7.99. The lowest BCUT2D eigenvalue weighted by Crippen LogP contribution is -2.53. The Balaban J connectivity index is 1.80. The first kappa shape index (κ1) is 22.4. The average Bonchev–Trinajstić information content (AvgIpc) is 2.63. The van der Waals surface area contributed by atoms with Gasteiger partial charge in [-0.2, -0.15) is 11.8 Å². The second-order valence-corrected chi connectivity index (χ2v) is 9.26. The van der Waals surface area contributed by atoms with Gasteiger partial charge in [-0.05, 0) is 19.8 Å². The third-order valence-electron chi connectivity index (χ3n) is 6.08. The van der Waals surface area contributed by atoms with Crippen molar-refractivity contribution in [3.05, 3.63) is 0 Å². The smallest absolute Gasteiger partial charge is 0.0878 e. The van der Waals surface area contributed by atoms with Crippen LogP contribution < -0.4 is 0 Å². The minimum Gasteiger partial charge on any atom is -0.322 e. The van der Waals surface area contributed by atoms with Gasteiger partial charge >= 0.3 is 0 Å². The summed E-state index contributed by atoms with van der Waals surface area (Å²) in [6.45, 7) is 10.4. The quantitative estimate of drug-likeness (QED) is 0.211. The third kappa shape index (κ3) is 11.0. The van der Waals surface area contributed by atoms with Crippen molar-refractivity contribution in [2.75, 3.05) is 37.7 Å². The molecule has 1 saturated heterocycles. The summed E-state index contributed by atoms with van der Waals surface area (Å²) in [4.78, 5) is 0. The molecular formula is C22H46NS+. The molecule has 0 saturated carbocycles. The lowest BCUT2D eigenvalue weighted by molar-refractivity contribution is -0.923. The number of thioether (sulfide) groups is 1. The van der Waals surface area contributed by atoms with Crippen LogP contribution in [0.1, 0.15) is 104 Å². The van der Waals surface area contributed by atoms with Gasteiger partial charge in [0, 0.05) is 11.5 Å². The zero-order chi connectivity index (χ0) is 17.3. The minimum absolute atomic E-state index is 1.36. The Bertz CT molecular complexity index is 261. The molecule has 0 radical (unpaired) electrons. The molecule has 0 amide bonds. The van der Waals surface area contributed by atoms with E-state index in [2.05, 4.69) is 25.6 Å². The molecule has 1 rings (SSSR count). The van der Waals surface area contributed by atoms with Crippen molar-refractivity contribution in [3.63, 3.8) is 0 Å².